The highest BCUT2D eigenvalue weighted by molar-refractivity contribution is 7.92. The van der Waals surface area contributed by atoms with Gasteiger partial charge in [0, 0.05) is 37.9 Å². The number of unbranched alkanes of at least 4 members (excludes halogenated alkanes) is 1. The van der Waals surface area contributed by atoms with Crippen LogP contribution in [0.25, 0.3) is 0 Å². The van der Waals surface area contributed by atoms with Gasteiger partial charge in [0.25, 0.3) is 0 Å². The quantitative estimate of drug-likeness (QED) is 0.229. The molecule has 3 aromatic rings. The van der Waals surface area contributed by atoms with Crippen LogP contribution in [0.4, 0.5) is 20.6 Å². The number of benzene rings is 3. The topological polar surface area (TPSA) is 91.0 Å². The van der Waals surface area contributed by atoms with Crippen molar-refractivity contribution in [1.29, 1.82) is 0 Å². The maximum absolute atomic E-state index is 13.4. The summed E-state index contributed by atoms with van der Waals surface area (Å²) in [6.45, 7) is 5.28. The molecule has 3 aromatic carbocycles. The molecule has 8 nitrogen and oxygen atoms in total. The molecule has 1 heterocycles. The second-order valence-electron chi connectivity index (χ2n) is 10.3. The predicted molar refractivity (Wildman–Crippen MR) is 169 cm³/mol. The standard InChI is InChI=1S/C30H36ClFN4O4S.ClH/c1-3-4-17-36(30(37)33-29-14-7-23(32)20-28(29)31)25-15-18-35(19-16-25)21-22-5-10-26(11-6-22)40-27-12-8-24(9-13-27)34-41(2,38)39;/h5-14,20,25,34H,3-4,15-19,21H2,1-2H3,(H,33,37);1H. The van der Waals surface area contributed by atoms with E-state index >= 15 is 0 Å². The number of carbonyl (C=O) groups is 1. The van der Waals surface area contributed by atoms with Gasteiger partial charge in [-0.1, -0.05) is 37.1 Å². The first kappa shape index (κ1) is 33.5. The molecule has 2 N–H and O–H groups in total. The highest BCUT2D eigenvalue weighted by Gasteiger charge is 2.28. The maximum Gasteiger partial charge on any atom is 0.322 e. The van der Waals surface area contributed by atoms with Gasteiger partial charge in [-0.25, -0.2) is 17.6 Å². The predicted octanol–water partition coefficient (Wildman–Crippen LogP) is 7.36. The summed E-state index contributed by atoms with van der Waals surface area (Å²) >= 11 is 6.13. The summed E-state index contributed by atoms with van der Waals surface area (Å²) in [5.74, 6) is 0.855. The van der Waals surface area contributed by atoms with E-state index in [1.165, 1.54) is 18.2 Å². The number of likely N-dealkylation sites (tertiary alicyclic amines) is 1. The smallest absolute Gasteiger partial charge is 0.322 e. The summed E-state index contributed by atoms with van der Waals surface area (Å²) < 4.78 is 44.5. The molecular weight excluding hydrogens is 602 g/mol. The zero-order chi connectivity index (χ0) is 29.4. The summed E-state index contributed by atoms with van der Waals surface area (Å²) in [7, 11) is -3.33. The van der Waals surface area contributed by atoms with Crippen LogP contribution in [-0.2, 0) is 16.6 Å². The van der Waals surface area contributed by atoms with Crippen LogP contribution in [0.2, 0.25) is 5.02 Å². The van der Waals surface area contributed by atoms with E-state index in [-0.39, 0.29) is 29.5 Å². The third-order valence-electron chi connectivity index (χ3n) is 6.91. The zero-order valence-corrected chi connectivity index (χ0v) is 26.1. The number of halogens is 3. The minimum absolute atomic E-state index is 0. The number of anilines is 2. The van der Waals surface area contributed by atoms with Crippen LogP contribution in [0.3, 0.4) is 0 Å². The van der Waals surface area contributed by atoms with Crippen LogP contribution in [0.1, 0.15) is 38.2 Å². The van der Waals surface area contributed by atoms with E-state index in [0.717, 1.165) is 57.1 Å². The van der Waals surface area contributed by atoms with E-state index in [1.807, 2.05) is 29.2 Å². The molecule has 0 unspecified atom stereocenters. The van der Waals surface area contributed by atoms with E-state index in [4.69, 9.17) is 16.3 Å². The number of nitrogens with one attached hydrogen (secondary N) is 2. The number of piperidine rings is 1. The van der Waals surface area contributed by atoms with Crippen molar-refractivity contribution in [2.75, 3.05) is 35.9 Å². The molecule has 2 amide bonds. The van der Waals surface area contributed by atoms with Gasteiger partial charge in [0.05, 0.1) is 17.0 Å². The second-order valence-corrected chi connectivity index (χ2v) is 12.4. The number of sulfonamides is 1. The van der Waals surface area contributed by atoms with Crippen molar-refractivity contribution in [3.63, 3.8) is 0 Å². The lowest BCUT2D eigenvalue weighted by Gasteiger charge is -2.38. The summed E-state index contributed by atoms with van der Waals surface area (Å²) in [5, 5.41) is 3.04. The molecule has 0 saturated carbocycles. The number of amides is 2. The van der Waals surface area contributed by atoms with Gasteiger partial charge in [0.15, 0.2) is 0 Å². The van der Waals surface area contributed by atoms with Gasteiger partial charge in [-0.3, -0.25) is 9.62 Å². The number of ether oxygens (including phenoxy) is 1. The van der Waals surface area contributed by atoms with Crippen molar-refractivity contribution >= 4 is 51.4 Å². The Balaban J connectivity index is 0.00000484. The van der Waals surface area contributed by atoms with Crippen LogP contribution in [0.15, 0.2) is 66.7 Å². The Kier molecular flexibility index (Phi) is 12.3. The molecule has 12 heteroatoms. The average molecular weight is 640 g/mol. The molecule has 0 aromatic heterocycles. The normalized spacial score (nSPS) is 14.1. The fourth-order valence-electron chi connectivity index (χ4n) is 4.81. The summed E-state index contributed by atoms with van der Waals surface area (Å²) in [6.07, 6.45) is 4.71. The molecule has 0 radical (unpaired) electrons. The first-order chi connectivity index (χ1) is 19.6. The molecule has 1 fully saturated rings. The van der Waals surface area contributed by atoms with Crippen LogP contribution in [0.5, 0.6) is 11.5 Å². The average Bonchev–Trinajstić information content (AvgIpc) is 2.93. The first-order valence-corrected chi connectivity index (χ1v) is 16.0. The van der Waals surface area contributed by atoms with Crippen LogP contribution >= 0.6 is 24.0 Å². The molecule has 0 atom stereocenters. The van der Waals surface area contributed by atoms with Crippen molar-refractivity contribution in [3.05, 3.63) is 83.1 Å². The number of hydrogen-bond donors (Lipinski definition) is 2. The second kappa shape index (κ2) is 15.4. The van der Waals surface area contributed by atoms with Crippen molar-refractivity contribution in [2.24, 2.45) is 0 Å². The van der Waals surface area contributed by atoms with Crippen LogP contribution in [0, 0.1) is 5.82 Å². The van der Waals surface area contributed by atoms with Crippen molar-refractivity contribution in [3.8, 4) is 11.5 Å². The first-order valence-electron chi connectivity index (χ1n) is 13.7. The Morgan fingerprint density at radius 3 is 2.24 bits per heavy atom. The molecule has 0 aliphatic carbocycles. The van der Waals surface area contributed by atoms with Gasteiger partial charge < -0.3 is 15.0 Å². The van der Waals surface area contributed by atoms with E-state index in [2.05, 4.69) is 21.9 Å². The zero-order valence-electron chi connectivity index (χ0n) is 23.7. The molecule has 1 aliphatic rings. The number of rotatable bonds is 11. The van der Waals surface area contributed by atoms with Crippen LogP contribution < -0.4 is 14.8 Å². The number of carbonyl (C=O) groups excluding carboxylic acids is 1. The number of hydrogen-bond acceptors (Lipinski definition) is 5. The van der Waals surface area contributed by atoms with Crippen molar-refractivity contribution < 1.29 is 22.3 Å². The molecule has 228 valence electrons. The third-order valence-corrected chi connectivity index (χ3v) is 7.83. The van der Waals surface area contributed by atoms with Crippen molar-refractivity contribution in [2.45, 2.75) is 45.2 Å². The van der Waals surface area contributed by atoms with Gasteiger partial charge in [-0.15, -0.1) is 12.4 Å². The van der Waals surface area contributed by atoms with Gasteiger partial charge in [0.1, 0.15) is 17.3 Å². The molecule has 42 heavy (non-hydrogen) atoms. The fraction of sp³-hybridized carbons (Fsp3) is 0.367. The summed E-state index contributed by atoms with van der Waals surface area (Å²) in [5.41, 5.74) is 2.05. The summed E-state index contributed by atoms with van der Waals surface area (Å²) in [6, 6.07) is 18.5. The molecule has 0 bridgehead atoms. The van der Waals surface area contributed by atoms with Crippen molar-refractivity contribution in [1.82, 2.24) is 9.80 Å². The maximum atomic E-state index is 13.4. The third kappa shape index (κ3) is 10.0. The molecule has 1 aliphatic heterocycles. The number of nitrogens with zero attached hydrogens (tertiary/aromatic N) is 2. The Labute approximate surface area is 258 Å². The largest absolute Gasteiger partial charge is 0.457 e. The number of urea groups is 1. The van der Waals surface area contributed by atoms with E-state index in [1.54, 1.807) is 24.3 Å². The summed E-state index contributed by atoms with van der Waals surface area (Å²) in [4.78, 5) is 17.5. The van der Waals surface area contributed by atoms with E-state index in [9.17, 15) is 17.6 Å². The Bertz CT molecular complexity index is 1420. The Hall–Kier alpha value is -3.05. The monoisotopic (exact) mass is 638 g/mol. The minimum atomic E-state index is -3.33. The molecule has 0 spiro atoms. The Morgan fingerprint density at radius 2 is 1.67 bits per heavy atom. The Morgan fingerprint density at radius 1 is 1.05 bits per heavy atom. The lowest BCUT2D eigenvalue weighted by molar-refractivity contribution is 0.122. The van der Waals surface area contributed by atoms with E-state index < -0.39 is 15.8 Å². The lowest BCUT2D eigenvalue weighted by atomic mass is 10.0. The molecule has 1 saturated heterocycles. The highest BCUT2D eigenvalue weighted by atomic mass is 35.5. The fourth-order valence-corrected chi connectivity index (χ4v) is 5.59. The van der Waals surface area contributed by atoms with E-state index in [0.29, 0.717) is 29.4 Å². The van der Waals surface area contributed by atoms with Gasteiger partial charge in [-0.05, 0) is 79.4 Å². The SMILES string of the molecule is CCCCN(C(=O)Nc1ccc(F)cc1Cl)C1CCN(Cc2ccc(Oc3ccc(NS(C)(=O)=O)cc3)cc2)CC1.Cl. The van der Waals surface area contributed by atoms with Gasteiger partial charge in [0.2, 0.25) is 10.0 Å². The highest BCUT2D eigenvalue weighted by Crippen LogP contribution is 2.26. The van der Waals surface area contributed by atoms with Gasteiger partial charge >= 0.3 is 6.03 Å². The molecule has 4 rings (SSSR count). The minimum Gasteiger partial charge on any atom is -0.457 e. The van der Waals surface area contributed by atoms with Gasteiger partial charge in [-0.2, -0.15) is 0 Å². The molecular formula is C30H37Cl2FN4O4S. The lowest BCUT2D eigenvalue weighted by Crippen LogP contribution is -2.49. The van der Waals surface area contributed by atoms with Crippen LogP contribution in [-0.4, -0.2) is 56.2 Å².